The number of aliphatic imine (C=N–C) groups is 1. The van der Waals surface area contributed by atoms with Gasteiger partial charge in [-0.25, -0.2) is 0 Å². The largest absolute Gasteiger partial charge is 0.252 e. The van der Waals surface area contributed by atoms with E-state index in [1.54, 1.807) is 6.07 Å². The maximum Gasteiger partial charge on any atom is 0.0771 e. The quantitative estimate of drug-likeness (QED) is 0.396. The van der Waals surface area contributed by atoms with E-state index in [2.05, 4.69) is 31.2 Å². The van der Waals surface area contributed by atoms with Gasteiger partial charge in [-0.3, -0.25) is 4.99 Å². The summed E-state index contributed by atoms with van der Waals surface area (Å²) >= 11 is 20.5. The Morgan fingerprint density at radius 1 is 0.926 bits per heavy atom. The SMILES string of the molecule is Cc1cccc2c1SC(c1ccc(Cl)cc1)CC(c1ccc(Cl)cc1Cl)=N2. The maximum atomic E-state index is 6.50. The van der Waals surface area contributed by atoms with Crippen LogP contribution in [0.1, 0.15) is 28.4 Å². The van der Waals surface area contributed by atoms with Crippen LogP contribution in [0.25, 0.3) is 0 Å². The van der Waals surface area contributed by atoms with E-state index in [0.29, 0.717) is 10.0 Å². The second kappa shape index (κ2) is 7.89. The zero-order chi connectivity index (χ0) is 19.0. The van der Waals surface area contributed by atoms with Gasteiger partial charge < -0.3 is 0 Å². The molecule has 0 saturated carbocycles. The molecular weight excluding hydrogens is 417 g/mol. The van der Waals surface area contributed by atoms with Crippen molar-refractivity contribution in [1.29, 1.82) is 0 Å². The highest BCUT2D eigenvalue weighted by molar-refractivity contribution is 7.99. The fourth-order valence-electron chi connectivity index (χ4n) is 3.19. The topological polar surface area (TPSA) is 12.4 Å². The molecule has 1 atom stereocenters. The summed E-state index contributed by atoms with van der Waals surface area (Å²) in [4.78, 5) is 6.20. The van der Waals surface area contributed by atoms with Crippen LogP contribution in [0.15, 0.2) is 70.6 Å². The minimum atomic E-state index is 0.218. The summed E-state index contributed by atoms with van der Waals surface area (Å²) in [5.74, 6) is 0. The highest BCUT2D eigenvalue weighted by atomic mass is 35.5. The lowest BCUT2D eigenvalue weighted by Gasteiger charge is -2.17. The van der Waals surface area contributed by atoms with Gasteiger partial charge in [-0.1, -0.05) is 65.1 Å². The van der Waals surface area contributed by atoms with Crippen molar-refractivity contribution in [3.05, 3.63) is 92.4 Å². The van der Waals surface area contributed by atoms with E-state index >= 15 is 0 Å². The number of aryl methyl sites for hydroxylation is 1. The predicted octanol–water partition coefficient (Wildman–Crippen LogP) is 8.31. The van der Waals surface area contributed by atoms with Gasteiger partial charge >= 0.3 is 0 Å². The van der Waals surface area contributed by atoms with Crippen molar-refractivity contribution < 1.29 is 0 Å². The lowest BCUT2D eigenvalue weighted by molar-refractivity contribution is 1.01. The summed E-state index contributed by atoms with van der Waals surface area (Å²) in [6, 6.07) is 19.9. The maximum absolute atomic E-state index is 6.50. The third kappa shape index (κ3) is 4.05. The molecule has 136 valence electrons. The van der Waals surface area contributed by atoms with Crippen molar-refractivity contribution in [2.75, 3.05) is 0 Å². The molecule has 1 unspecified atom stereocenters. The number of halogens is 3. The van der Waals surface area contributed by atoms with Crippen LogP contribution in [0.3, 0.4) is 0 Å². The minimum Gasteiger partial charge on any atom is -0.252 e. The monoisotopic (exact) mass is 431 g/mol. The standard InChI is InChI=1S/C22H16Cl3NS/c1-13-3-2-4-19-22(13)27-21(14-5-7-15(23)8-6-14)12-20(26-19)17-10-9-16(24)11-18(17)25/h2-11,21H,12H2,1H3. The van der Waals surface area contributed by atoms with Gasteiger partial charge in [0.05, 0.1) is 16.4 Å². The Morgan fingerprint density at radius 3 is 2.41 bits per heavy atom. The van der Waals surface area contributed by atoms with Crippen molar-refractivity contribution >= 4 is 58.0 Å². The van der Waals surface area contributed by atoms with E-state index < -0.39 is 0 Å². The van der Waals surface area contributed by atoms with Crippen LogP contribution < -0.4 is 0 Å². The molecule has 0 amide bonds. The van der Waals surface area contributed by atoms with Gasteiger partial charge in [-0.2, -0.15) is 0 Å². The summed E-state index contributed by atoms with van der Waals surface area (Å²) < 4.78 is 0. The number of rotatable bonds is 2. The third-order valence-corrected chi connectivity index (χ3v) is 6.86. The van der Waals surface area contributed by atoms with Crippen molar-refractivity contribution in [3.63, 3.8) is 0 Å². The molecule has 0 bridgehead atoms. The van der Waals surface area contributed by atoms with E-state index in [4.69, 9.17) is 39.8 Å². The van der Waals surface area contributed by atoms with Crippen molar-refractivity contribution in [2.24, 2.45) is 4.99 Å². The Hall–Kier alpha value is -1.45. The van der Waals surface area contributed by atoms with Gasteiger partial charge in [-0.05, 0) is 48.4 Å². The molecule has 0 aliphatic carbocycles. The zero-order valence-corrected chi connectivity index (χ0v) is 17.6. The number of benzene rings is 3. The van der Waals surface area contributed by atoms with E-state index in [1.807, 2.05) is 42.1 Å². The molecule has 1 nitrogen and oxygen atoms in total. The van der Waals surface area contributed by atoms with Gasteiger partial charge in [0, 0.05) is 32.2 Å². The van der Waals surface area contributed by atoms with Crippen molar-refractivity contribution in [2.45, 2.75) is 23.5 Å². The molecule has 3 aromatic carbocycles. The first-order valence-electron chi connectivity index (χ1n) is 8.56. The van der Waals surface area contributed by atoms with Gasteiger partial charge in [-0.15, -0.1) is 11.8 Å². The number of hydrogen-bond acceptors (Lipinski definition) is 2. The molecule has 1 aliphatic heterocycles. The Morgan fingerprint density at radius 2 is 1.67 bits per heavy atom. The molecular formula is C22H16Cl3NS. The second-order valence-electron chi connectivity index (χ2n) is 6.47. The molecule has 3 aromatic rings. The van der Waals surface area contributed by atoms with Crippen LogP contribution in [0, 0.1) is 6.92 Å². The van der Waals surface area contributed by atoms with Crippen LogP contribution in [0.5, 0.6) is 0 Å². The lowest BCUT2D eigenvalue weighted by atomic mass is 10.0. The highest BCUT2D eigenvalue weighted by Gasteiger charge is 2.24. The first-order valence-corrected chi connectivity index (χ1v) is 10.6. The van der Waals surface area contributed by atoms with E-state index in [-0.39, 0.29) is 5.25 Å². The molecule has 0 fully saturated rings. The van der Waals surface area contributed by atoms with Crippen LogP contribution >= 0.6 is 46.6 Å². The Labute approximate surface area is 178 Å². The molecule has 0 aromatic heterocycles. The first kappa shape index (κ1) is 18.9. The number of thioether (sulfide) groups is 1. The normalized spacial score (nSPS) is 16.4. The minimum absolute atomic E-state index is 0.218. The second-order valence-corrected chi connectivity index (χ2v) is 8.96. The molecule has 27 heavy (non-hydrogen) atoms. The summed E-state index contributed by atoms with van der Waals surface area (Å²) in [7, 11) is 0. The third-order valence-electron chi connectivity index (χ3n) is 4.57. The summed E-state index contributed by atoms with van der Waals surface area (Å²) in [6.45, 7) is 2.13. The van der Waals surface area contributed by atoms with Crippen LogP contribution in [0.4, 0.5) is 5.69 Å². The van der Waals surface area contributed by atoms with E-state index in [1.165, 1.54) is 16.0 Å². The summed E-state index contributed by atoms with van der Waals surface area (Å²) in [5.41, 5.74) is 5.32. The van der Waals surface area contributed by atoms with Gasteiger partial charge in [0.1, 0.15) is 0 Å². The summed E-state index contributed by atoms with van der Waals surface area (Å²) in [6.07, 6.45) is 0.766. The van der Waals surface area contributed by atoms with Gasteiger partial charge in [0.25, 0.3) is 0 Å². The molecule has 0 radical (unpaired) electrons. The van der Waals surface area contributed by atoms with Crippen molar-refractivity contribution in [3.8, 4) is 0 Å². The van der Waals surface area contributed by atoms with Gasteiger partial charge in [0.15, 0.2) is 0 Å². The van der Waals surface area contributed by atoms with Crippen LogP contribution in [0.2, 0.25) is 15.1 Å². The molecule has 5 heteroatoms. The molecule has 1 heterocycles. The lowest BCUT2D eigenvalue weighted by Crippen LogP contribution is -2.06. The molecule has 4 rings (SSSR count). The fraction of sp³-hybridized carbons (Fsp3) is 0.136. The Kier molecular flexibility index (Phi) is 5.52. The fourth-order valence-corrected chi connectivity index (χ4v) is 5.14. The van der Waals surface area contributed by atoms with E-state index in [9.17, 15) is 0 Å². The zero-order valence-electron chi connectivity index (χ0n) is 14.5. The van der Waals surface area contributed by atoms with E-state index in [0.717, 1.165) is 28.4 Å². The molecule has 0 N–H and O–H groups in total. The van der Waals surface area contributed by atoms with Gasteiger partial charge in [0.2, 0.25) is 0 Å². The summed E-state index contributed by atoms with van der Waals surface area (Å²) in [5, 5.41) is 2.20. The smallest absolute Gasteiger partial charge is 0.0771 e. The molecule has 1 aliphatic rings. The Balaban J connectivity index is 1.85. The highest BCUT2D eigenvalue weighted by Crippen LogP contribution is 2.47. The van der Waals surface area contributed by atoms with Crippen LogP contribution in [-0.2, 0) is 0 Å². The molecule has 0 spiro atoms. The van der Waals surface area contributed by atoms with Crippen LogP contribution in [-0.4, -0.2) is 5.71 Å². The molecule has 0 saturated heterocycles. The average Bonchev–Trinajstić information content (AvgIpc) is 2.83. The Bertz CT molecular complexity index is 1030. The first-order chi connectivity index (χ1) is 13.0. The number of nitrogens with zero attached hydrogens (tertiary/aromatic N) is 1. The average molecular weight is 433 g/mol. The number of fused-ring (bicyclic) bond motifs is 1. The van der Waals surface area contributed by atoms with Crippen molar-refractivity contribution in [1.82, 2.24) is 0 Å². The predicted molar refractivity (Wildman–Crippen MR) is 119 cm³/mol. The number of hydrogen-bond donors (Lipinski definition) is 0.